The van der Waals surface area contributed by atoms with Crippen molar-refractivity contribution < 1.29 is 9.98 Å². The Hall–Kier alpha value is -3.93. The Bertz CT molecular complexity index is 1730. The fourth-order valence-electron chi connectivity index (χ4n) is 5.93. The van der Waals surface area contributed by atoms with E-state index in [2.05, 4.69) is 152 Å². The normalized spacial score (nSPS) is 12.5. The molecule has 0 fully saturated rings. The number of nitrogens with one attached hydrogen (secondary N) is 2. The topological polar surface area (TPSA) is 56.1 Å². The summed E-state index contributed by atoms with van der Waals surface area (Å²) in [6.45, 7) is 26.2. The Kier molecular flexibility index (Phi) is 18.2. The quantitative estimate of drug-likeness (QED) is 0.110. The van der Waals surface area contributed by atoms with Gasteiger partial charge in [0.2, 0.25) is 11.4 Å². The number of para-hydroxylation sites is 4. The van der Waals surface area contributed by atoms with E-state index in [0.29, 0.717) is 23.7 Å². The van der Waals surface area contributed by atoms with Crippen molar-refractivity contribution >= 4 is 57.2 Å². The second-order valence-corrected chi connectivity index (χ2v) is 14.3. The zero-order valence-corrected chi connectivity index (χ0v) is 34.7. The Labute approximate surface area is 325 Å². The molecule has 4 rings (SSSR count). The minimum absolute atomic E-state index is 0. The maximum absolute atomic E-state index is 4.98. The predicted octanol–water partition coefficient (Wildman–Crippen LogP) is 11.1. The first-order valence-electron chi connectivity index (χ1n) is 18.1. The fraction of sp³-hybridized carbons (Fsp3) is 0.348. The van der Waals surface area contributed by atoms with Gasteiger partial charge in [-0.3, -0.25) is 0 Å². The number of benzene rings is 4. The molecule has 2 N–H and O–H groups in total. The van der Waals surface area contributed by atoms with Crippen LogP contribution in [0.3, 0.4) is 0 Å². The Morgan fingerprint density at radius 1 is 0.471 bits per heavy atom. The third-order valence-electron chi connectivity index (χ3n) is 8.35. The average Bonchev–Trinajstić information content (AvgIpc) is 3.05. The van der Waals surface area contributed by atoms with Gasteiger partial charge in [0.25, 0.3) is 0 Å². The van der Waals surface area contributed by atoms with Crippen LogP contribution in [0.5, 0.6) is 0 Å². The van der Waals surface area contributed by atoms with Crippen LogP contribution in [0.15, 0.2) is 121 Å². The number of allylic oxidation sites excluding steroid dienone is 4. The van der Waals surface area contributed by atoms with Crippen molar-refractivity contribution in [1.82, 2.24) is 0 Å². The molecule has 0 saturated heterocycles. The molecule has 0 heterocycles. The van der Waals surface area contributed by atoms with Gasteiger partial charge >= 0.3 is 23.1 Å². The number of hydrogen-bond acceptors (Lipinski definition) is 0. The first kappa shape index (κ1) is 43.2. The van der Waals surface area contributed by atoms with Crippen LogP contribution >= 0.6 is 0 Å². The Morgan fingerprint density at radius 2 is 0.863 bits per heavy atom. The van der Waals surface area contributed by atoms with Crippen molar-refractivity contribution in [3.05, 3.63) is 153 Å². The van der Waals surface area contributed by atoms with Crippen LogP contribution < -0.4 is 9.98 Å². The predicted molar refractivity (Wildman–Crippen MR) is 224 cm³/mol. The SMILES string of the molecule is CC(/C=C(/C)[N-]c1c(C(C)C)cccc1C(C)C)=[NH+]c1ccccc1.CC(/C=C(/C)[N-]c1ccccc1)=[NH+]c1c(C(C)C)cccc1C(C)C.[Mg+2]. The summed E-state index contributed by atoms with van der Waals surface area (Å²) in [7, 11) is 0. The van der Waals surface area contributed by atoms with Gasteiger partial charge in [0, 0.05) is 37.1 Å². The number of nitrogens with zero attached hydrogens (tertiary/aromatic N) is 2. The van der Waals surface area contributed by atoms with E-state index in [9.17, 15) is 0 Å². The molecule has 0 atom stereocenters. The molecule has 0 bridgehead atoms. The molecule has 264 valence electrons. The molecule has 51 heavy (non-hydrogen) atoms. The molecule has 0 spiro atoms. The summed E-state index contributed by atoms with van der Waals surface area (Å²) < 4.78 is 0. The summed E-state index contributed by atoms with van der Waals surface area (Å²) in [5.74, 6) is 1.87. The van der Waals surface area contributed by atoms with Gasteiger partial charge in [-0.05, 0) is 35.8 Å². The fourth-order valence-corrected chi connectivity index (χ4v) is 5.93. The number of rotatable bonds is 12. The zero-order valence-electron chi connectivity index (χ0n) is 33.3. The summed E-state index contributed by atoms with van der Waals surface area (Å²) in [6.07, 6.45) is 4.21. The molecule has 0 aliphatic rings. The third kappa shape index (κ3) is 14.0. The molecule has 0 radical (unpaired) electrons. The van der Waals surface area contributed by atoms with Gasteiger partial charge in [-0.1, -0.05) is 165 Å². The molecule has 4 aromatic carbocycles. The van der Waals surface area contributed by atoms with Gasteiger partial charge in [0.05, 0.1) is 0 Å². The molecule has 4 aromatic rings. The van der Waals surface area contributed by atoms with E-state index in [1.54, 1.807) is 0 Å². The van der Waals surface area contributed by atoms with E-state index in [1.165, 1.54) is 27.9 Å². The third-order valence-corrected chi connectivity index (χ3v) is 8.35. The van der Waals surface area contributed by atoms with E-state index in [1.807, 2.05) is 55.5 Å². The van der Waals surface area contributed by atoms with E-state index >= 15 is 0 Å². The minimum atomic E-state index is 0. The maximum Gasteiger partial charge on any atom is 2.00 e. The molecule has 4 nitrogen and oxygen atoms in total. The summed E-state index contributed by atoms with van der Waals surface area (Å²) >= 11 is 0. The van der Waals surface area contributed by atoms with Crippen molar-refractivity contribution in [3.63, 3.8) is 0 Å². The van der Waals surface area contributed by atoms with Crippen LogP contribution in [-0.4, -0.2) is 34.5 Å². The Balaban J connectivity index is 0.000000347. The molecule has 0 aliphatic carbocycles. The summed E-state index contributed by atoms with van der Waals surface area (Å²) in [5.41, 5.74) is 14.0. The molecule has 0 amide bonds. The molecule has 5 heteroatoms. The van der Waals surface area contributed by atoms with Crippen LogP contribution in [0.2, 0.25) is 0 Å². The minimum Gasteiger partial charge on any atom is -0.661 e. The van der Waals surface area contributed by atoms with Crippen LogP contribution in [0, 0.1) is 0 Å². The Morgan fingerprint density at radius 3 is 1.31 bits per heavy atom. The monoisotopic (exact) mass is 692 g/mol. The first-order chi connectivity index (χ1) is 23.8. The second kappa shape index (κ2) is 21.4. The molecule has 0 aliphatic heterocycles. The standard InChI is InChI=1S/2C23H29N2.Mg/c2*1-16(2)21-13-10-14-22(17(3)4)23(21)25-19(6)15-18(5)24-20-11-8-7-9-12-20;/h2*7-17H,1-6H3;/q2*-1;+2/p+2/b19-15-,24-18?;18-15-,25-19?;. The van der Waals surface area contributed by atoms with Gasteiger partial charge < -0.3 is 10.6 Å². The van der Waals surface area contributed by atoms with E-state index in [4.69, 9.17) is 5.32 Å². The van der Waals surface area contributed by atoms with Crippen molar-refractivity contribution in [2.24, 2.45) is 0 Å². The van der Waals surface area contributed by atoms with Crippen LogP contribution in [0.1, 0.15) is 129 Å². The summed E-state index contributed by atoms with van der Waals surface area (Å²) in [6, 6.07) is 33.4. The smallest absolute Gasteiger partial charge is 0.661 e. The van der Waals surface area contributed by atoms with Crippen molar-refractivity contribution in [2.75, 3.05) is 0 Å². The van der Waals surface area contributed by atoms with E-state index in [-0.39, 0.29) is 23.1 Å². The van der Waals surface area contributed by atoms with Gasteiger partial charge in [0.1, 0.15) is 0 Å². The molecular weight excluding hydrogens is 633 g/mol. The second-order valence-electron chi connectivity index (χ2n) is 14.3. The van der Waals surface area contributed by atoms with Crippen LogP contribution in [0.25, 0.3) is 10.6 Å². The van der Waals surface area contributed by atoms with Crippen molar-refractivity contribution in [3.8, 4) is 0 Å². The average molecular weight is 693 g/mol. The van der Waals surface area contributed by atoms with Gasteiger partial charge in [0.15, 0.2) is 11.4 Å². The van der Waals surface area contributed by atoms with Crippen molar-refractivity contribution in [1.29, 1.82) is 0 Å². The molecular formula is C46H60MgN4+2. The van der Waals surface area contributed by atoms with E-state index in [0.717, 1.165) is 39.9 Å². The van der Waals surface area contributed by atoms with Gasteiger partial charge in [-0.2, -0.15) is 11.4 Å². The molecule has 0 saturated carbocycles. The van der Waals surface area contributed by atoms with Gasteiger partial charge in [-0.15, -0.1) is 11.4 Å². The van der Waals surface area contributed by atoms with Crippen molar-refractivity contribution in [2.45, 2.75) is 107 Å². The number of hydrogen-bond donors (Lipinski definition) is 2. The largest absolute Gasteiger partial charge is 2.00 e. The first-order valence-corrected chi connectivity index (χ1v) is 18.1. The van der Waals surface area contributed by atoms with Crippen LogP contribution in [-0.2, 0) is 0 Å². The van der Waals surface area contributed by atoms with E-state index < -0.39 is 0 Å². The summed E-state index contributed by atoms with van der Waals surface area (Å²) in [4.78, 5) is 7.05. The molecule has 0 aromatic heterocycles. The van der Waals surface area contributed by atoms with Crippen LogP contribution in [0.4, 0.5) is 22.7 Å². The zero-order chi connectivity index (χ0) is 36.8. The van der Waals surface area contributed by atoms with Gasteiger partial charge in [-0.25, -0.2) is 9.98 Å². The maximum atomic E-state index is 4.98. The summed E-state index contributed by atoms with van der Waals surface area (Å²) in [5, 5.41) is 9.64. The molecule has 0 unspecified atom stereocenters.